The lowest BCUT2D eigenvalue weighted by Gasteiger charge is -2.30. The summed E-state index contributed by atoms with van der Waals surface area (Å²) in [5.74, 6) is -2.93. The van der Waals surface area contributed by atoms with Crippen LogP contribution in [0.25, 0.3) is 0 Å². The molecule has 0 radical (unpaired) electrons. The van der Waals surface area contributed by atoms with Gasteiger partial charge in [0.15, 0.2) is 6.10 Å². The third kappa shape index (κ3) is 3.72. The van der Waals surface area contributed by atoms with E-state index in [2.05, 4.69) is 6.58 Å². The van der Waals surface area contributed by atoms with Crippen LogP contribution in [0.15, 0.2) is 22.6 Å². The molecule has 1 unspecified atom stereocenters. The number of carbonyl (C=O) groups is 4. The second-order valence-corrected chi connectivity index (χ2v) is 9.97. The zero-order valence-corrected chi connectivity index (χ0v) is 20.7. The molecule has 1 aromatic heterocycles. The zero-order chi connectivity index (χ0) is 26.2. The van der Waals surface area contributed by atoms with Crippen LogP contribution in [0.5, 0.6) is 0 Å². The van der Waals surface area contributed by atoms with Gasteiger partial charge in [0.2, 0.25) is 5.60 Å². The Kier molecular flexibility index (Phi) is 5.56. The summed E-state index contributed by atoms with van der Waals surface area (Å²) in [6.45, 7) is 9.96. The van der Waals surface area contributed by atoms with Crippen LogP contribution in [-0.2, 0) is 47.6 Å². The third-order valence-corrected chi connectivity index (χ3v) is 7.39. The number of rotatable bonds is 4. The maximum absolute atomic E-state index is 13.1. The summed E-state index contributed by atoms with van der Waals surface area (Å²) in [6, 6.07) is 1.79. The Labute approximate surface area is 207 Å². The molecule has 1 aromatic rings. The Morgan fingerprint density at radius 2 is 1.83 bits per heavy atom. The molecular weight excluding hydrogens is 476 g/mol. The van der Waals surface area contributed by atoms with Crippen molar-refractivity contribution in [2.24, 2.45) is 5.92 Å². The third-order valence-electron chi connectivity index (χ3n) is 7.39. The number of epoxide rings is 2. The number of methoxy groups -OCH3 is 1. The highest BCUT2D eigenvalue weighted by Crippen LogP contribution is 2.60. The average molecular weight is 504 g/mol. The number of fused-ring (bicyclic) bond motifs is 4. The Morgan fingerprint density at radius 3 is 2.44 bits per heavy atom. The quantitative estimate of drug-likeness (QED) is 0.257. The number of hydrogen-bond donors (Lipinski definition) is 0. The van der Waals surface area contributed by atoms with Gasteiger partial charge in [-0.25, -0.2) is 9.59 Å². The molecule has 0 spiro atoms. The highest BCUT2D eigenvalue weighted by molar-refractivity contribution is 5.89. The van der Waals surface area contributed by atoms with Gasteiger partial charge in [0.25, 0.3) is 0 Å². The van der Waals surface area contributed by atoms with Gasteiger partial charge in [-0.15, -0.1) is 0 Å². The maximum atomic E-state index is 13.1. The van der Waals surface area contributed by atoms with Gasteiger partial charge in [0.05, 0.1) is 7.11 Å². The SMILES string of the molecule is C=C(C(=O)OC)[C@H]1C[C@H](OC(C)=O)[C@]23OC2[C@@H](C[C@]2(C)O[C@@H]2c2cc(C)c(o2)[C@@H]1OC(C)=O)OC3=O. The van der Waals surface area contributed by atoms with E-state index >= 15 is 0 Å². The van der Waals surface area contributed by atoms with Crippen molar-refractivity contribution in [2.45, 2.75) is 82.3 Å². The van der Waals surface area contributed by atoms with Crippen LogP contribution in [0.3, 0.4) is 0 Å². The van der Waals surface area contributed by atoms with Crippen LogP contribution in [0.1, 0.15) is 62.9 Å². The second kappa shape index (κ2) is 8.17. The Hall–Kier alpha value is -3.18. The summed E-state index contributed by atoms with van der Waals surface area (Å²) >= 11 is 0. The smallest absolute Gasteiger partial charge is 0.345 e. The van der Waals surface area contributed by atoms with Gasteiger partial charge >= 0.3 is 23.9 Å². The number of ether oxygens (including phenoxy) is 6. The molecule has 0 aromatic carbocycles. The topological polar surface area (TPSA) is 143 Å². The Morgan fingerprint density at radius 1 is 1.14 bits per heavy atom. The first kappa shape index (κ1) is 24.5. The van der Waals surface area contributed by atoms with Crippen LogP contribution in [0.4, 0.5) is 0 Å². The van der Waals surface area contributed by atoms with Crippen molar-refractivity contribution < 1.29 is 52.0 Å². The van der Waals surface area contributed by atoms with Crippen LogP contribution in [-0.4, -0.2) is 60.5 Å². The summed E-state index contributed by atoms with van der Waals surface area (Å²) < 4.78 is 39.8. The fraction of sp³-hybridized carbons (Fsp3) is 0.600. The lowest BCUT2D eigenvalue weighted by atomic mass is 9.81. The van der Waals surface area contributed by atoms with E-state index in [9.17, 15) is 19.2 Å². The largest absolute Gasteiger partial charge is 0.466 e. The van der Waals surface area contributed by atoms with E-state index in [4.69, 9.17) is 32.8 Å². The molecule has 11 nitrogen and oxygen atoms in total. The molecule has 0 saturated carbocycles. The lowest BCUT2D eigenvalue weighted by molar-refractivity contribution is -0.168. The van der Waals surface area contributed by atoms with E-state index in [1.807, 2.05) is 6.92 Å². The minimum atomic E-state index is -1.55. The van der Waals surface area contributed by atoms with Crippen molar-refractivity contribution in [3.05, 3.63) is 35.3 Å². The van der Waals surface area contributed by atoms with Crippen molar-refractivity contribution in [3.63, 3.8) is 0 Å². The minimum absolute atomic E-state index is 0.0582. The summed E-state index contributed by atoms with van der Waals surface area (Å²) in [5.41, 5.74) is -1.64. The molecule has 0 N–H and O–H groups in total. The summed E-state index contributed by atoms with van der Waals surface area (Å²) in [4.78, 5) is 50.0. The van der Waals surface area contributed by atoms with Gasteiger partial charge in [0.1, 0.15) is 41.5 Å². The standard InChI is InChI=1S/C25H28O11/c1-10-7-15-20-24(5,35-20)9-16-21-25(36-21,23(29)34-16)17(31-12(3)26)8-14(11(2)22(28)30-6)19(18(10)33-15)32-13(4)27/h7,14,16-17,19-21H,2,8-9H2,1,3-6H3/t14-,16-,17+,19-,20-,21?,24+,25+/m1/s1. The Bertz CT molecular complexity index is 1170. The van der Waals surface area contributed by atoms with Crippen molar-refractivity contribution >= 4 is 23.9 Å². The first-order valence-corrected chi connectivity index (χ1v) is 11.7. The highest BCUT2D eigenvalue weighted by atomic mass is 16.7. The predicted octanol–water partition coefficient (Wildman–Crippen LogP) is 2.16. The zero-order valence-electron chi connectivity index (χ0n) is 20.7. The van der Waals surface area contributed by atoms with E-state index in [-0.39, 0.29) is 17.8 Å². The predicted molar refractivity (Wildman–Crippen MR) is 117 cm³/mol. The normalized spacial score (nSPS) is 38.1. The number of hydrogen-bond acceptors (Lipinski definition) is 11. The van der Waals surface area contributed by atoms with Crippen molar-refractivity contribution in [2.75, 3.05) is 7.11 Å². The van der Waals surface area contributed by atoms with Crippen molar-refractivity contribution in [3.8, 4) is 0 Å². The van der Waals surface area contributed by atoms with Gasteiger partial charge in [0, 0.05) is 31.8 Å². The highest BCUT2D eigenvalue weighted by Gasteiger charge is 2.79. The van der Waals surface area contributed by atoms with Gasteiger partial charge in [-0.3, -0.25) is 9.59 Å². The number of esters is 4. The molecule has 0 amide bonds. The number of furan rings is 1. The fourth-order valence-electron chi connectivity index (χ4n) is 5.57. The Balaban J connectivity index is 1.66. The van der Waals surface area contributed by atoms with E-state index in [0.717, 1.165) is 0 Å². The molecule has 5 rings (SSSR count). The second-order valence-electron chi connectivity index (χ2n) is 9.97. The van der Waals surface area contributed by atoms with Crippen LogP contribution in [0.2, 0.25) is 0 Å². The van der Waals surface area contributed by atoms with Gasteiger partial charge in [-0.05, 0) is 31.9 Å². The van der Waals surface area contributed by atoms with Crippen molar-refractivity contribution in [1.29, 1.82) is 0 Å². The first-order chi connectivity index (χ1) is 16.9. The minimum Gasteiger partial charge on any atom is -0.466 e. The molecule has 3 fully saturated rings. The van der Waals surface area contributed by atoms with Gasteiger partial charge in [-0.2, -0.15) is 0 Å². The molecule has 4 aliphatic rings. The van der Waals surface area contributed by atoms with Gasteiger partial charge in [-0.1, -0.05) is 6.58 Å². The molecule has 4 aliphatic heterocycles. The lowest BCUT2D eigenvalue weighted by Crippen LogP contribution is -2.43. The summed E-state index contributed by atoms with van der Waals surface area (Å²) in [7, 11) is 1.19. The average Bonchev–Trinajstić information content (AvgIpc) is 3.63. The van der Waals surface area contributed by atoms with E-state index in [1.165, 1.54) is 21.0 Å². The van der Waals surface area contributed by atoms with Crippen LogP contribution >= 0.6 is 0 Å². The molecule has 5 heterocycles. The molecule has 4 bridgehead atoms. The van der Waals surface area contributed by atoms with Gasteiger partial charge < -0.3 is 32.8 Å². The van der Waals surface area contributed by atoms with E-state index in [1.54, 1.807) is 13.0 Å². The monoisotopic (exact) mass is 504 g/mol. The fourth-order valence-corrected chi connectivity index (χ4v) is 5.57. The number of aryl methyl sites for hydroxylation is 1. The molecule has 194 valence electrons. The van der Waals surface area contributed by atoms with E-state index < -0.39 is 71.5 Å². The van der Waals surface area contributed by atoms with Crippen LogP contribution < -0.4 is 0 Å². The molecule has 36 heavy (non-hydrogen) atoms. The molecule has 8 atom stereocenters. The first-order valence-electron chi connectivity index (χ1n) is 11.7. The van der Waals surface area contributed by atoms with Crippen LogP contribution in [0, 0.1) is 12.8 Å². The van der Waals surface area contributed by atoms with Crippen molar-refractivity contribution in [1.82, 2.24) is 0 Å². The summed E-state index contributed by atoms with van der Waals surface area (Å²) in [5, 5.41) is 0. The molecule has 3 saturated heterocycles. The maximum Gasteiger partial charge on any atom is 0.345 e. The summed E-state index contributed by atoms with van der Waals surface area (Å²) in [6.07, 6.45) is -3.87. The van der Waals surface area contributed by atoms with E-state index in [0.29, 0.717) is 17.7 Å². The molecule has 0 aliphatic carbocycles. The molecular formula is C25H28O11. The number of carbonyl (C=O) groups excluding carboxylic acids is 4. The molecule has 11 heteroatoms.